The maximum absolute atomic E-state index is 11.9. The van der Waals surface area contributed by atoms with E-state index in [9.17, 15) is 15.1 Å². The topological polar surface area (TPSA) is 126 Å². The molecule has 28 heavy (non-hydrogen) atoms. The molecule has 0 bridgehead atoms. The molecule has 1 aliphatic heterocycles. The zero-order valence-corrected chi connectivity index (χ0v) is 15.4. The number of aromatic nitrogens is 2. The summed E-state index contributed by atoms with van der Waals surface area (Å²) in [5.41, 5.74) is 8.20. The smallest absolute Gasteiger partial charge is 0.532 e. The van der Waals surface area contributed by atoms with Gasteiger partial charge in [-0.25, -0.2) is 0 Å². The number of aryl methyl sites for hydroxylation is 1. The lowest BCUT2D eigenvalue weighted by atomic mass is 9.86. The second-order valence-electron chi connectivity index (χ2n) is 7.17. The molecule has 2 aliphatic rings. The predicted octanol–water partition coefficient (Wildman–Crippen LogP) is 2.32. The van der Waals surface area contributed by atoms with Crippen LogP contribution in [-0.4, -0.2) is 27.8 Å². The number of nitrogens with one attached hydrogen (secondary N) is 1. The number of carbonyl (C=O) groups is 1. The average Bonchev–Trinajstić information content (AvgIpc) is 3.28. The summed E-state index contributed by atoms with van der Waals surface area (Å²) in [4.78, 5) is 11.9. The van der Waals surface area contributed by atoms with Crippen LogP contribution < -0.4 is 15.7 Å². The molecule has 0 spiro atoms. The Morgan fingerprint density at radius 1 is 1.50 bits per heavy atom. The van der Waals surface area contributed by atoms with E-state index in [0.717, 1.165) is 36.1 Å². The zero-order valence-electron chi connectivity index (χ0n) is 15.4. The lowest BCUT2D eigenvalue weighted by molar-refractivity contribution is 0.100. The summed E-state index contributed by atoms with van der Waals surface area (Å²) in [5, 5.41) is 26.7. The number of nitriles is 1. The fourth-order valence-corrected chi connectivity index (χ4v) is 3.88. The molecule has 1 saturated carbocycles. The van der Waals surface area contributed by atoms with Crippen LogP contribution in [0.3, 0.4) is 0 Å². The number of benzene rings is 1. The van der Waals surface area contributed by atoms with Gasteiger partial charge in [-0.1, -0.05) is 6.08 Å². The highest BCUT2D eigenvalue weighted by atomic mass is 16.5. The van der Waals surface area contributed by atoms with E-state index in [0.29, 0.717) is 11.6 Å². The van der Waals surface area contributed by atoms with Crippen LogP contribution in [0.25, 0.3) is 6.08 Å². The number of carbonyl (C=O) groups excluding carboxylic acids is 1. The molecule has 4 rings (SSSR count). The third-order valence-corrected chi connectivity index (χ3v) is 5.23. The minimum Gasteiger partial charge on any atom is -0.532 e. The van der Waals surface area contributed by atoms with E-state index in [1.807, 2.05) is 19.1 Å². The molecule has 9 heteroatoms. The minimum atomic E-state index is -0.957. The number of primary amides is 1. The molecule has 1 fully saturated rings. The summed E-state index contributed by atoms with van der Waals surface area (Å²) in [6.45, 7) is 1.87. The SMILES string of the molecule is Cc1cc(Nc2nn(C3CCC[C@@H]3C#N)cc2C(N)=O)cc2c1OB(O)C=C2. The Bertz CT molecular complexity index is 1010. The first-order valence-corrected chi connectivity index (χ1v) is 9.19. The Morgan fingerprint density at radius 2 is 2.32 bits per heavy atom. The van der Waals surface area contributed by atoms with E-state index in [4.69, 9.17) is 10.4 Å². The number of nitrogens with two attached hydrogens (primary N) is 1. The van der Waals surface area contributed by atoms with Crippen molar-refractivity contribution in [2.75, 3.05) is 5.32 Å². The van der Waals surface area contributed by atoms with Crippen molar-refractivity contribution < 1.29 is 14.5 Å². The number of hydrogen-bond acceptors (Lipinski definition) is 6. The van der Waals surface area contributed by atoms with Gasteiger partial charge >= 0.3 is 7.12 Å². The predicted molar refractivity (Wildman–Crippen MR) is 105 cm³/mol. The maximum atomic E-state index is 11.9. The molecule has 2 heterocycles. The van der Waals surface area contributed by atoms with E-state index in [2.05, 4.69) is 16.5 Å². The molecule has 1 amide bonds. The summed E-state index contributed by atoms with van der Waals surface area (Å²) in [5.74, 6) is 1.83. The van der Waals surface area contributed by atoms with E-state index >= 15 is 0 Å². The van der Waals surface area contributed by atoms with Gasteiger partial charge in [0.25, 0.3) is 5.91 Å². The molecular formula is C19H20BN5O3. The molecule has 1 aliphatic carbocycles. The van der Waals surface area contributed by atoms with Crippen LogP contribution in [0, 0.1) is 24.2 Å². The van der Waals surface area contributed by atoms with Crippen LogP contribution in [0.2, 0.25) is 0 Å². The summed E-state index contributed by atoms with van der Waals surface area (Å²) in [6, 6.07) is 5.97. The van der Waals surface area contributed by atoms with Gasteiger partial charge in [-0.15, -0.1) is 0 Å². The van der Waals surface area contributed by atoms with E-state index in [-0.39, 0.29) is 17.5 Å². The van der Waals surface area contributed by atoms with Crippen molar-refractivity contribution in [3.05, 3.63) is 41.0 Å². The van der Waals surface area contributed by atoms with Crippen molar-refractivity contribution in [1.82, 2.24) is 9.78 Å². The first kappa shape index (κ1) is 18.1. The van der Waals surface area contributed by atoms with Gasteiger partial charge in [0, 0.05) is 17.4 Å². The molecule has 0 radical (unpaired) electrons. The highest BCUT2D eigenvalue weighted by molar-refractivity contribution is 6.51. The zero-order chi connectivity index (χ0) is 19.8. The van der Waals surface area contributed by atoms with E-state index in [1.54, 1.807) is 22.9 Å². The summed E-state index contributed by atoms with van der Waals surface area (Å²) < 4.78 is 7.13. The Kier molecular flexibility index (Phi) is 4.57. The maximum Gasteiger partial charge on any atom is 0.552 e. The summed E-state index contributed by atoms with van der Waals surface area (Å²) >= 11 is 0. The van der Waals surface area contributed by atoms with Crippen molar-refractivity contribution >= 4 is 30.6 Å². The minimum absolute atomic E-state index is 0.0539. The lowest BCUT2D eigenvalue weighted by Gasteiger charge is -2.19. The van der Waals surface area contributed by atoms with Crippen molar-refractivity contribution in [2.24, 2.45) is 11.7 Å². The monoisotopic (exact) mass is 377 g/mol. The lowest BCUT2D eigenvalue weighted by Crippen LogP contribution is -2.22. The van der Waals surface area contributed by atoms with Gasteiger partial charge in [0.05, 0.1) is 18.0 Å². The Hall–Kier alpha value is -3.25. The van der Waals surface area contributed by atoms with Gasteiger partial charge in [-0.05, 0) is 49.9 Å². The molecule has 2 atom stereocenters. The molecule has 1 aromatic carbocycles. The normalized spacial score (nSPS) is 20.4. The van der Waals surface area contributed by atoms with Crippen LogP contribution in [0.5, 0.6) is 5.75 Å². The van der Waals surface area contributed by atoms with Crippen molar-refractivity contribution in [1.29, 1.82) is 5.26 Å². The van der Waals surface area contributed by atoms with Gasteiger partial charge in [0.15, 0.2) is 5.82 Å². The van der Waals surface area contributed by atoms with Crippen molar-refractivity contribution in [3.8, 4) is 11.8 Å². The molecule has 142 valence electrons. The standard InChI is InChI=1S/C19H20BN5O3/c1-11-7-14(8-12-5-6-20(27)28-17(11)12)23-19-15(18(22)26)10-25(24-19)16-4-2-3-13(16)9-21/h5-8,10,13,16,27H,2-4H2,1H3,(H2,22,26)(H,23,24)/t13-,16?/m1/s1. The van der Waals surface area contributed by atoms with Crippen molar-refractivity contribution in [3.63, 3.8) is 0 Å². The van der Waals surface area contributed by atoms with Crippen LogP contribution in [-0.2, 0) is 0 Å². The fraction of sp³-hybridized carbons (Fsp3) is 0.316. The van der Waals surface area contributed by atoms with E-state index in [1.165, 1.54) is 0 Å². The Morgan fingerprint density at radius 3 is 3.07 bits per heavy atom. The van der Waals surface area contributed by atoms with Gasteiger partial charge < -0.3 is 20.7 Å². The highest BCUT2D eigenvalue weighted by Crippen LogP contribution is 2.37. The number of fused-ring (bicyclic) bond motifs is 1. The molecule has 0 saturated heterocycles. The number of rotatable bonds is 4. The first-order chi connectivity index (χ1) is 13.5. The van der Waals surface area contributed by atoms with E-state index < -0.39 is 13.0 Å². The van der Waals surface area contributed by atoms with Gasteiger partial charge in [0.1, 0.15) is 11.3 Å². The molecule has 4 N–H and O–H groups in total. The molecule has 2 aromatic rings. The van der Waals surface area contributed by atoms with Crippen LogP contribution >= 0.6 is 0 Å². The quantitative estimate of drug-likeness (QED) is 0.702. The summed E-state index contributed by atoms with van der Waals surface area (Å²) in [6.07, 6.45) is 6.04. The largest absolute Gasteiger partial charge is 0.552 e. The van der Waals surface area contributed by atoms with Crippen LogP contribution in [0.4, 0.5) is 11.5 Å². The van der Waals surface area contributed by atoms with Gasteiger partial charge in [0.2, 0.25) is 0 Å². The number of amides is 1. The molecule has 1 aromatic heterocycles. The third-order valence-electron chi connectivity index (χ3n) is 5.23. The van der Waals surface area contributed by atoms with Gasteiger partial charge in [-0.2, -0.15) is 10.4 Å². The van der Waals surface area contributed by atoms with Gasteiger partial charge in [-0.3, -0.25) is 9.48 Å². The fourth-order valence-electron chi connectivity index (χ4n) is 3.88. The molecule has 8 nitrogen and oxygen atoms in total. The number of anilines is 2. The molecular weight excluding hydrogens is 357 g/mol. The third kappa shape index (κ3) is 3.23. The Labute approximate surface area is 162 Å². The summed E-state index contributed by atoms with van der Waals surface area (Å²) in [7, 11) is -0.957. The number of nitrogens with zero attached hydrogens (tertiary/aromatic N) is 3. The van der Waals surface area contributed by atoms with Crippen LogP contribution in [0.1, 0.15) is 46.8 Å². The van der Waals surface area contributed by atoms with Crippen molar-refractivity contribution in [2.45, 2.75) is 32.2 Å². The number of hydrogen-bond donors (Lipinski definition) is 3. The average molecular weight is 377 g/mol. The second kappa shape index (κ2) is 7.05. The second-order valence-corrected chi connectivity index (χ2v) is 7.17. The van der Waals surface area contributed by atoms with Crippen LogP contribution in [0.15, 0.2) is 24.3 Å². The Balaban J connectivity index is 1.67. The highest BCUT2D eigenvalue weighted by Gasteiger charge is 2.31. The first-order valence-electron chi connectivity index (χ1n) is 9.19. The molecule has 1 unspecified atom stereocenters.